The zero-order valence-electron chi connectivity index (χ0n) is 10.9. The second-order valence-electron chi connectivity index (χ2n) is 4.23. The molecule has 0 bridgehead atoms. The topological polar surface area (TPSA) is 66.4 Å². The van der Waals surface area contributed by atoms with Gasteiger partial charge in [-0.15, -0.1) is 0 Å². The number of nitrogens with one attached hydrogen (secondary N) is 1. The van der Waals surface area contributed by atoms with Crippen molar-refractivity contribution in [2.45, 2.75) is 0 Å². The summed E-state index contributed by atoms with van der Waals surface area (Å²) in [6, 6.07) is 15.5. The molecule has 2 aromatic rings. The highest BCUT2D eigenvalue weighted by Gasteiger charge is 2.11. The third-order valence-electron chi connectivity index (χ3n) is 2.69. The van der Waals surface area contributed by atoms with Gasteiger partial charge in [0.05, 0.1) is 0 Å². The van der Waals surface area contributed by atoms with Gasteiger partial charge < -0.3 is 10.4 Å². The van der Waals surface area contributed by atoms with Crippen molar-refractivity contribution in [3.63, 3.8) is 0 Å². The Labute approximate surface area is 130 Å². The number of carbonyl (C=O) groups is 2. The molecular formula is C16H12BrNO3. The van der Waals surface area contributed by atoms with E-state index in [-0.39, 0.29) is 11.5 Å². The number of carboxylic acid groups (broad SMARTS) is 1. The molecule has 0 aliphatic rings. The first-order valence-corrected chi connectivity index (χ1v) is 6.92. The molecule has 0 unspecified atom stereocenters. The average Bonchev–Trinajstić information content (AvgIpc) is 2.48. The van der Waals surface area contributed by atoms with E-state index in [9.17, 15) is 14.7 Å². The zero-order valence-corrected chi connectivity index (χ0v) is 12.5. The Morgan fingerprint density at radius 1 is 1.00 bits per heavy atom. The molecule has 5 heteroatoms. The minimum Gasteiger partial charge on any atom is -0.477 e. The molecule has 0 aromatic heterocycles. The lowest BCUT2D eigenvalue weighted by Crippen LogP contribution is -2.12. The van der Waals surface area contributed by atoms with Crippen LogP contribution in [-0.4, -0.2) is 16.9 Å². The van der Waals surface area contributed by atoms with Crippen molar-refractivity contribution < 1.29 is 14.7 Å². The standard InChI is InChI=1S/C16H12BrNO3/c17-12-8-6-11(7-9-12)15(19)10-14(16(20)21)18-13-4-2-1-3-5-13/h1-10,18H,(H,20,21). The van der Waals surface area contributed by atoms with Crippen LogP contribution in [0.2, 0.25) is 0 Å². The highest BCUT2D eigenvalue weighted by atomic mass is 79.9. The van der Waals surface area contributed by atoms with E-state index >= 15 is 0 Å². The molecule has 0 amide bonds. The van der Waals surface area contributed by atoms with Gasteiger partial charge >= 0.3 is 5.97 Å². The summed E-state index contributed by atoms with van der Waals surface area (Å²) >= 11 is 3.28. The summed E-state index contributed by atoms with van der Waals surface area (Å²) in [6.45, 7) is 0. The van der Waals surface area contributed by atoms with Gasteiger partial charge in [0.25, 0.3) is 0 Å². The summed E-state index contributed by atoms with van der Waals surface area (Å²) in [4.78, 5) is 23.3. The molecule has 0 saturated carbocycles. The fraction of sp³-hybridized carbons (Fsp3) is 0. The molecule has 106 valence electrons. The van der Waals surface area contributed by atoms with Crippen LogP contribution < -0.4 is 5.32 Å². The van der Waals surface area contributed by atoms with Crippen LogP contribution >= 0.6 is 15.9 Å². The highest BCUT2D eigenvalue weighted by Crippen LogP contribution is 2.13. The first-order valence-electron chi connectivity index (χ1n) is 6.13. The van der Waals surface area contributed by atoms with Gasteiger partial charge in [-0.05, 0) is 36.4 Å². The lowest BCUT2D eigenvalue weighted by molar-refractivity contribution is -0.132. The molecule has 0 spiro atoms. The second kappa shape index (κ2) is 6.85. The Kier molecular flexibility index (Phi) is 4.90. The summed E-state index contributed by atoms with van der Waals surface area (Å²) in [6.07, 6.45) is 1.08. The van der Waals surface area contributed by atoms with E-state index in [1.165, 1.54) is 0 Å². The molecule has 2 rings (SSSR count). The molecule has 0 heterocycles. The number of ketones is 1. The fourth-order valence-electron chi connectivity index (χ4n) is 1.66. The quantitative estimate of drug-likeness (QED) is 0.640. The molecule has 0 aliphatic carbocycles. The Morgan fingerprint density at radius 3 is 2.19 bits per heavy atom. The van der Waals surface area contributed by atoms with E-state index in [1.54, 1.807) is 48.5 Å². The van der Waals surface area contributed by atoms with Gasteiger partial charge in [0, 0.05) is 21.8 Å². The first kappa shape index (κ1) is 15.0. The number of benzene rings is 2. The maximum absolute atomic E-state index is 12.1. The first-order chi connectivity index (χ1) is 10.1. The Morgan fingerprint density at radius 2 is 1.62 bits per heavy atom. The molecule has 0 saturated heterocycles. The average molecular weight is 346 g/mol. The highest BCUT2D eigenvalue weighted by molar-refractivity contribution is 9.10. The van der Waals surface area contributed by atoms with E-state index in [4.69, 9.17) is 0 Å². The van der Waals surface area contributed by atoms with Gasteiger partial charge in [-0.1, -0.05) is 34.1 Å². The van der Waals surface area contributed by atoms with Crippen LogP contribution in [0, 0.1) is 0 Å². The van der Waals surface area contributed by atoms with E-state index in [0.717, 1.165) is 10.5 Å². The minimum absolute atomic E-state index is 0.172. The Hall–Kier alpha value is -2.40. The van der Waals surface area contributed by atoms with Gasteiger partial charge in [-0.3, -0.25) is 4.79 Å². The van der Waals surface area contributed by atoms with Gasteiger partial charge in [-0.25, -0.2) is 4.79 Å². The van der Waals surface area contributed by atoms with Crippen molar-refractivity contribution in [2.75, 3.05) is 5.32 Å². The minimum atomic E-state index is -1.19. The van der Waals surface area contributed by atoms with Crippen molar-refractivity contribution >= 4 is 33.4 Å². The molecule has 0 radical (unpaired) electrons. The van der Waals surface area contributed by atoms with Crippen LogP contribution in [0.15, 0.2) is 70.8 Å². The zero-order chi connectivity index (χ0) is 15.2. The lowest BCUT2D eigenvalue weighted by Gasteiger charge is -2.06. The van der Waals surface area contributed by atoms with Gasteiger partial charge in [0.1, 0.15) is 5.70 Å². The Balaban J connectivity index is 2.23. The summed E-state index contributed by atoms with van der Waals surface area (Å²) in [5.41, 5.74) is 0.857. The van der Waals surface area contributed by atoms with Crippen molar-refractivity contribution in [1.82, 2.24) is 0 Å². The molecule has 0 atom stereocenters. The number of para-hydroxylation sites is 1. The largest absolute Gasteiger partial charge is 0.477 e. The third-order valence-corrected chi connectivity index (χ3v) is 3.22. The second-order valence-corrected chi connectivity index (χ2v) is 5.14. The lowest BCUT2D eigenvalue weighted by atomic mass is 10.1. The molecular weight excluding hydrogens is 334 g/mol. The maximum Gasteiger partial charge on any atom is 0.352 e. The maximum atomic E-state index is 12.1. The number of allylic oxidation sites excluding steroid dienone is 1. The molecule has 2 N–H and O–H groups in total. The molecule has 21 heavy (non-hydrogen) atoms. The van der Waals surface area contributed by atoms with E-state index in [1.807, 2.05) is 6.07 Å². The van der Waals surface area contributed by atoms with Crippen molar-refractivity contribution in [3.8, 4) is 0 Å². The summed E-state index contributed by atoms with van der Waals surface area (Å²) in [7, 11) is 0. The van der Waals surface area contributed by atoms with Gasteiger partial charge in [0.15, 0.2) is 5.78 Å². The monoisotopic (exact) mass is 345 g/mol. The van der Waals surface area contributed by atoms with Crippen LogP contribution in [0.25, 0.3) is 0 Å². The van der Waals surface area contributed by atoms with Crippen molar-refractivity contribution in [2.24, 2.45) is 0 Å². The normalized spacial score (nSPS) is 11.0. The van der Waals surface area contributed by atoms with Gasteiger partial charge in [-0.2, -0.15) is 0 Å². The molecule has 0 fully saturated rings. The number of aliphatic carboxylic acids is 1. The van der Waals surface area contributed by atoms with Crippen LogP contribution in [-0.2, 0) is 4.79 Å². The van der Waals surface area contributed by atoms with Gasteiger partial charge in [0.2, 0.25) is 0 Å². The number of hydrogen-bond donors (Lipinski definition) is 2. The summed E-state index contributed by atoms with van der Waals surface area (Å²) in [5, 5.41) is 11.9. The third kappa shape index (κ3) is 4.29. The predicted molar refractivity (Wildman–Crippen MR) is 84.3 cm³/mol. The number of halogens is 1. The molecule has 4 nitrogen and oxygen atoms in total. The summed E-state index contributed by atoms with van der Waals surface area (Å²) in [5.74, 6) is -1.56. The molecule has 0 aliphatic heterocycles. The Bertz CT molecular complexity index is 678. The fourth-order valence-corrected chi connectivity index (χ4v) is 1.92. The van der Waals surface area contributed by atoms with E-state index in [2.05, 4.69) is 21.2 Å². The number of anilines is 1. The van der Waals surface area contributed by atoms with E-state index in [0.29, 0.717) is 11.3 Å². The van der Waals surface area contributed by atoms with Crippen LogP contribution in [0.5, 0.6) is 0 Å². The smallest absolute Gasteiger partial charge is 0.352 e. The number of hydrogen-bond acceptors (Lipinski definition) is 3. The predicted octanol–water partition coefficient (Wildman–Crippen LogP) is 3.71. The van der Waals surface area contributed by atoms with Crippen LogP contribution in [0.1, 0.15) is 10.4 Å². The number of carboxylic acids is 1. The van der Waals surface area contributed by atoms with E-state index < -0.39 is 5.97 Å². The summed E-state index contributed by atoms with van der Waals surface area (Å²) < 4.78 is 0.851. The number of carbonyl (C=O) groups excluding carboxylic acids is 1. The van der Waals surface area contributed by atoms with Crippen molar-refractivity contribution in [1.29, 1.82) is 0 Å². The number of rotatable bonds is 5. The SMILES string of the molecule is O=C(O)C(=CC(=O)c1ccc(Br)cc1)Nc1ccccc1. The van der Waals surface area contributed by atoms with Crippen LogP contribution in [0.4, 0.5) is 5.69 Å². The van der Waals surface area contributed by atoms with Crippen molar-refractivity contribution in [3.05, 3.63) is 76.4 Å². The van der Waals surface area contributed by atoms with Crippen LogP contribution in [0.3, 0.4) is 0 Å². The molecule has 2 aromatic carbocycles.